The topological polar surface area (TPSA) is 72.8 Å². The van der Waals surface area contributed by atoms with Crippen LogP contribution in [0.5, 0.6) is 0 Å². The number of unbranched alkanes of at least 4 members (excludes halogenated alkanes) is 1. The van der Waals surface area contributed by atoms with Crippen molar-refractivity contribution in [1.82, 2.24) is 0 Å². The third-order valence-corrected chi connectivity index (χ3v) is 7.62. The zero-order valence-corrected chi connectivity index (χ0v) is 23.4. The summed E-state index contributed by atoms with van der Waals surface area (Å²) in [7, 11) is 1.38. The molecule has 2 aromatic carbocycles. The molecular formula is C31H36BrFO5. The van der Waals surface area contributed by atoms with Crippen LogP contribution in [0.15, 0.2) is 76.8 Å². The van der Waals surface area contributed by atoms with Crippen molar-refractivity contribution in [2.75, 3.05) is 7.11 Å². The SMILES string of the molecule is COC(=O)CCCC=CC[C@@H]1C(=CCC(=O)CCc2ccccc2F)[C@H](OCc2ccccc2Br)C[C@@H]1O. The Hall–Kier alpha value is -2.61. The van der Waals surface area contributed by atoms with Gasteiger partial charge in [0.15, 0.2) is 0 Å². The van der Waals surface area contributed by atoms with Crippen molar-refractivity contribution >= 4 is 27.7 Å². The highest BCUT2D eigenvalue weighted by Crippen LogP contribution is 2.38. The van der Waals surface area contributed by atoms with Crippen molar-refractivity contribution in [1.29, 1.82) is 0 Å². The van der Waals surface area contributed by atoms with Gasteiger partial charge in [-0.25, -0.2) is 4.39 Å². The summed E-state index contributed by atoms with van der Waals surface area (Å²) >= 11 is 3.55. The molecule has 0 spiro atoms. The molecule has 3 rings (SSSR count). The minimum Gasteiger partial charge on any atom is -0.469 e. The minimum atomic E-state index is -0.585. The van der Waals surface area contributed by atoms with Gasteiger partial charge in [0.1, 0.15) is 11.6 Å². The molecule has 1 fully saturated rings. The van der Waals surface area contributed by atoms with Crippen LogP contribution in [0, 0.1) is 11.7 Å². The number of hydrogen-bond donors (Lipinski definition) is 1. The summed E-state index contributed by atoms with van der Waals surface area (Å²) in [5.74, 6) is -0.657. The third kappa shape index (κ3) is 9.29. The Morgan fingerprint density at radius 2 is 1.82 bits per heavy atom. The van der Waals surface area contributed by atoms with Crippen LogP contribution in [0.1, 0.15) is 56.1 Å². The van der Waals surface area contributed by atoms with Crippen LogP contribution in [0.25, 0.3) is 0 Å². The summed E-state index contributed by atoms with van der Waals surface area (Å²) < 4.78 is 25.8. The average molecular weight is 588 g/mol. The van der Waals surface area contributed by atoms with E-state index in [2.05, 4.69) is 20.7 Å². The van der Waals surface area contributed by atoms with E-state index in [0.29, 0.717) is 44.3 Å². The highest BCUT2D eigenvalue weighted by Gasteiger charge is 2.37. The predicted molar refractivity (Wildman–Crippen MR) is 149 cm³/mol. The smallest absolute Gasteiger partial charge is 0.305 e. The number of Topliss-reactive ketones (excluding diaryl/α,β-unsaturated/α-hetero) is 1. The van der Waals surface area contributed by atoms with E-state index in [-0.39, 0.29) is 42.4 Å². The van der Waals surface area contributed by atoms with Gasteiger partial charge in [0.2, 0.25) is 0 Å². The molecular weight excluding hydrogens is 551 g/mol. The van der Waals surface area contributed by atoms with Crippen molar-refractivity contribution in [2.24, 2.45) is 5.92 Å². The maximum atomic E-state index is 13.9. The Labute approximate surface area is 232 Å². The number of allylic oxidation sites excluding steroid dienone is 3. The normalized spacial score (nSPS) is 20.3. The van der Waals surface area contributed by atoms with Gasteiger partial charge in [-0.1, -0.05) is 70.6 Å². The molecule has 1 saturated carbocycles. The third-order valence-electron chi connectivity index (χ3n) is 6.85. The van der Waals surface area contributed by atoms with Gasteiger partial charge >= 0.3 is 5.97 Å². The van der Waals surface area contributed by atoms with Crippen molar-refractivity contribution in [3.8, 4) is 0 Å². The maximum absolute atomic E-state index is 13.9. The van der Waals surface area contributed by atoms with Crippen LogP contribution < -0.4 is 0 Å². The quantitative estimate of drug-likeness (QED) is 0.152. The van der Waals surface area contributed by atoms with Gasteiger partial charge in [-0.15, -0.1) is 0 Å². The van der Waals surface area contributed by atoms with Gasteiger partial charge in [0, 0.05) is 36.1 Å². The molecule has 7 heteroatoms. The van der Waals surface area contributed by atoms with Crippen LogP contribution in [-0.4, -0.2) is 36.2 Å². The van der Waals surface area contributed by atoms with E-state index in [9.17, 15) is 19.1 Å². The Bertz CT molecular complexity index is 1130. The number of esters is 1. The molecule has 1 aliphatic rings. The monoisotopic (exact) mass is 586 g/mol. The van der Waals surface area contributed by atoms with E-state index < -0.39 is 6.10 Å². The minimum absolute atomic E-state index is 0.0174. The molecule has 38 heavy (non-hydrogen) atoms. The second kappa shape index (κ2) is 15.7. The number of carbonyl (C=O) groups excluding carboxylic acids is 2. The number of aliphatic hydroxyl groups is 1. The molecule has 3 atom stereocenters. The van der Waals surface area contributed by atoms with Gasteiger partial charge in [-0.3, -0.25) is 9.59 Å². The predicted octanol–water partition coefficient (Wildman–Crippen LogP) is 6.66. The maximum Gasteiger partial charge on any atom is 0.305 e. The van der Waals surface area contributed by atoms with Gasteiger partial charge in [-0.05, 0) is 54.5 Å². The van der Waals surface area contributed by atoms with E-state index in [1.54, 1.807) is 18.2 Å². The molecule has 0 heterocycles. The lowest BCUT2D eigenvalue weighted by Gasteiger charge is -2.18. The van der Waals surface area contributed by atoms with Crippen LogP contribution >= 0.6 is 15.9 Å². The number of ketones is 1. The molecule has 0 saturated heterocycles. The first-order chi connectivity index (χ1) is 18.4. The largest absolute Gasteiger partial charge is 0.469 e. The molecule has 204 valence electrons. The lowest BCUT2D eigenvalue weighted by Crippen LogP contribution is -2.14. The zero-order valence-electron chi connectivity index (χ0n) is 21.8. The van der Waals surface area contributed by atoms with E-state index in [1.165, 1.54) is 13.2 Å². The number of hydrogen-bond acceptors (Lipinski definition) is 5. The Morgan fingerprint density at radius 1 is 1.08 bits per heavy atom. The molecule has 0 bridgehead atoms. The van der Waals surface area contributed by atoms with Crippen molar-refractivity contribution in [3.63, 3.8) is 0 Å². The fourth-order valence-corrected chi connectivity index (χ4v) is 5.06. The van der Waals surface area contributed by atoms with Crippen molar-refractivity contribution < 1.29 is 28.6 Å². The van der Waals surface area contributed by atoms with E-state index >= 15 is 0 Å². The summed E-state index contributed by atoms with van der Waals surface area (Å²) in [4.78, 5) is 24.0. The van der Waals surface area contributed by atoms with Gasteiger partial charge in [0.05, 0.1) is 25.9 Å². The van der Waals surface area contributed by atoms with Crippen molar-refractivity contribution in [3.05, 3.63) is 93.7 Å². The molecule has 0 unspecified atom stereocenters. The highest BCUT2D eigenvalue weighted by atomic mass is 79.9. The van der Waals surface area contributed by atoms with Crippen LogP contribution in [0.3, 0.4) is 0 Å². The average Bonchev–Trinajstić information content (AvgIpc) is 3.21. The lowest BCUT2D eigenvalue weighted by molar-refractivity contribution is -0.140. The Morgan fingerprint density at radius 3 is 2.55 bits per heavy atom. The first kappa shape index (κ1) is 29.9. The molecule has 2 aromatic rings. The second-order valence-corrected chi connectivity index (χ2v) is 10.4. The number of methoxy groups -OCH3 is 1. The molecule has 1 aliphatic carbocycles. The first-order valence-electron chi connectivity index (χ1n) is 13.1. The van der Waals surface area contributed by atoms with Crippen LogP contribution in [-0.2, 0) is 32.1 Å². The molecule has 0 aliphatic heterocycles. The van der Waals surface area contributed by atoms with Crippen LogP contribution in [0.2, 0.25) is 0 Å². The molecule has 0 amide bonds. The number of aliphatic hydroxyl groups excluding tert-OH is 1. The number of carbonyl (C=O) groups is 2. The summed E-state index contributed by atoms with van der Waals surface area (Å²) in [6, 6.07) is 14.4. The lowest BCUT2D eigenvalue weighted by atomic mass is 9.94. The number of ether oxygens (including phenoxy) is 2. The standard InChI is InChI=1S/C31H36BrFO5/c1-37-31(36)15-5-3-2-4-12-25-26(19-18-24(34)17-16-22-10-7-9-14-28(22)33)30(20-29(25)35)38-21-23-11-6-8-13-27(23)32/h2,4,6-11,13-14,19,25,29-30,35H,3,5,12,15-18,20-21H2,1H3/t25-,29+,30-/m1/s1. The molecule has 1 N–H and O–H groups in total. The summed E-state index contributed by atoms with van der Waals surface area (Å²) in [5, 5.41) is 10.9. The zero-order chi connectivity index (χ0) is 27.3. The number of halogens is 2. The Kier molecular flexibility index (Phi) is 12.4. The fourth-order valence-electron chi connectivity index (χ4n) is 4.66. The second-order valence-electron chi connectivity index (χ2n) is 9.51. The summed E-state index contributed by atoms with van der Waals surface area (Å²) in [5.41, 5.74) is 2.48. The van der Waals surface area contributed by atoms with E-state index in [1.807, 2.05) is 42.5 Å². The number of rotatable bonds is 14. The van der Waals surface area contributed by atoms with Gasteiger partial charge in [-0.2, -0.15) is 0 Å². The van der Waals surface area contributed by atoms with Crippen molar-refractivity contribution in [2.45, 2.75) is 70.2 Å². The Balaban J connectivity index is 1.64. The van der Waals surface area contributed by atoms with Gasteiger partial charge < -0.3 is 14.6 Å². The molecule has 0 radical (unpaired) electrons. The molecule has 0 aromatic heterocycles. The summed E-state index contributed by atoms with van der Waals surface area (Å²) in [6.07, 6.45) is 8.77. The van der Waals surface area contributed by atoms with Crippen LogP contribution in [0.4, 0.5) is 4.39 Å². The number of aryl methyl sites for hydroxylation is 1. The fraction of sp³-hybridized carbons (Fsp3) is 0.419. The summed E-state index contributed by atoms with van der Waals surface area (Å²) in [6.45, 7) is 0.382. The van der Waals surface area contributed by atoms with E-state index in [0.717, 1.165) is 22.0 Å². The highest BCUT2D eigenvalue weighted by molar-refractivity contribution is 9.10. The van der Waals surface area contributed by atoms with E-state index in [4.69, 9.17) is 4.74 Å². The number of benzene rings is 2. The van der Waals surface area contributed by atoms with Gasteiger partial charge in [0.25, 0.3) is 0 Å². The molecule has 5 nitrogen and oxygen atoms in total. The first-order valence-corrected chi connectivity index (χ1v) is 13.9.